The molecular formula is C27H25N7O. The third-order valence-corrected chi connectivity index (χ3v) is 5.72. The molecular weight excluding hydrogens is 438 g/mol. The highest BCUT2D eigenvalue weighted by molar-refractivity contribution is 6.00. The number of hydrogen-bond acceptors (Lipinski definition) is 5. The number of H-pyrrole nitrogens is 1. The van der Waals surface area contributed by atoms with Gasteiger partial charge >= 0.3 is 0 Å². The van der Waals surface area contributed by atoms with Crippen molar-refractivity contribution < 1.29 is 4.79 Å². The lowest BCUT2D eigenvalue weighted by molar-refractivity contribution is 0.0950. The van der Waals surface area contributed by atoms with Crippen LogP contribution in [0.15, 0.2) is 73.2 Å². The number of aryl methyl sites for hydroxylation is 2. The minimum absolute atomic E-state index is 0.170. The molecule has 174 valence electrons. The molecule has 0 radical (unpaired) electrons. The van der Waals surface area contributed by atoms with Gasteiger partial charge in [-0.1, -0.05) is 12.1 Å². The van der Waals surface area contributed by atoms with Gasteiger partial charge in [0.15, 0.2) is 0 Å². The topological polar surface area (TPSA) is 101 Å². The summed E-state index contributed by atoms with van der Waals surface area (Å²) in [7, 11) is 1.90. The first kappa shape index (κ1) is 22.1. The lowest BCUT2D eigenvalue weighted by atomic mass is 10.1. The first-order chi connectivity index (χ1) is 17.1. The molecule has 2 aromatic carbocycles. The Balaban J connectivity index is 1.33. The van der Waals surface area contributed by atoms with Crippen molar-refractivity contribution in [2.45, 2.75) is 13.5 Å². The van der Waals surface area contributed by atoms with Gasteiger partial charge in [-0.2, -0.15) is 5.10 Å². The van der Waals surface area contributed by atoms with Crippen molar-refractivity contribution in [3.63, 3.8) is 0 Å². The molecule has 0 aliphatic heterocycles. The van der Waals surface area contributed by atoms with Crippen LogP contribution in [-0.4, -0.2) is 30.6 Å². The summed E-state index contributed by atoms with van der Waals surface area (Å²) in [4.78, 5) is 21.5. The van der Waals surface area contributed by atoms with Gasteiger partial charge in [0.1, 0.15) is 5.82 Å². The summed E-state index contributed by atoms with van der Waals surface area (Å²) >= 11 is 0. The van der Waals surface area contributed by atoms with Crippen LogP contribution in [0.1, 0.15) is 33.1 Å². The number of amides is 1. The van der Waals surface area contributed by atoms with E-state index in [0.29, 0.717) is 17.8 Å². The highest BCUT2D eigenvalue weighted by Crippen LogP contribution is 2.26. The number of carbonyl (C=O) groups excluding carboxylic acids is 1. The number of nitrogens with zero attached hydrogens (tertiary/aromatic N) is 4. The molecule has 0 fully saturated rings. The van der Waals surface area contributed by atoms with Crippen molar-refractivity contribution in [3.8, 4) is 0 Å². The number of fused-ring (bicyclic) bond motifs is 1. The van der Waals surface area contributed by atoms with Gasteiger partial charge in [0.25, 0.3) is 5.91 Å². The maximum absolute atomic E-state index is 12.9. The van der Waals surface area contributed by atoms with E-state index >= 15 is 0 Å². The van der Waals surface area contributed by atoms with Crippen LogP contribution in [0.3, 0.4) is 0 Å². The summed E-state index contributed by atoms with van der Waals surface area (Å²) < 4.78 is 1.88. The normalized spacial score (nSPS) is 11.3. The molecule has 3 heterocycles. The van der Waals surface area contributed by atoms with Gasteiger partial charge in [0.05, 0.1) is 34.7 Å². The molecule has 0 atom stereocenters. The van der Waals surface area contributed by atoms with Gasteiger partial charge in [-0.3, -0.25) is 14.9 Å². The Labute approximate surface area is 202 Å². The standard InChI is InChI=1S/C27H25N7O/c1-18-11-12-28-19(15-18)8-10-24-21-9-7-20(16-25(21)33-32-24)31-23-6-4-3-5-22(23)27(35)30-17-26-29-13-14-34(26)2/h3-16,31H,17H2,1-2H3,(H,30,35)(H,32,33). The Morgan fingerprint density at radius 2 is 1.94 bits per heavy atom. The highest BCUT2D eigenvalue weighted by atomic mass is 16.1. The summed E-state index contributed by atoms with van der Waals surface area (Å²) in [6.07, 6.45) is 9.27. The van der Waals surface area contributed by atoms with E-state index in [1.165, 1.54) is 0 Å². The Kier molecular flexibility index (Phi) is 6.09. The fraction of sp³-hybridized carbons (Fsp3) is 0.111. The number of imidazole rings is 1. The van der Waals surface area contributed by atoms with E-state index in [2.05, 4.69) is 30.8 Å². The first-order valence-electron chi connectivity index (χ1n) is 11.3. The number of hydrogen-bond donors (Lipinski definition) is 3. The molecule has 3 aromatic heterocycles. The maximum atomic E-state index is 12.9. The Hall–Kier alpha value is -4.72. The zero-order chi connectivity index (χ0) is 24.2. The molecule has 1 amide bonds. The number of benzene rings is 2. The van der Waals surface area contributed by atoms with Crippen LogP contribution in [0.25, 0.3) is 23.1 Å². The summed E-state index contributed by atoms with van der Waals surface area (Å²) in [5, 5.41) is 14.8. The van der Waals surface area contributed by atoms with Crippen molar-refractivity contribution in [1.29, 1.82) is 0 Å². The molecule has 0 bridgehead atoms. The van der Waals surface area contributed by atoms with Gasteiger partial charge in [-0.15, -0.1) is 0 Å². The molecule has 0 aliphatic carbocycles. The fourth-order valence-corrected chi connectivity index (χ4v) is 3.83. The maximum Gasteiger partial charge on any atom is 0.253 e. The fourth-order valence-electron chi connectivity index (χ4n) is 3.83. The summed E-state index contributed by atoms with van der Waals surface area (Å²) in [6.45, 7) is 2.39. The zero-order valence-corrected chi connectivity index (χ0v) is 19.5. The molecule has 0 saturated heterocycles. The molecule has 0 aliphatic rings. The van der Waals surface area contributed by atoms with Crippen molar-refractivity contribution in [2.24, 2.45) is 7.05 Å². The number of aromatic amines is 1. The molecule has 8 heteroatoms. The van der Waals surface area contributed by atoms with Crippen molar-refractivity contribution in [3.05, 3.63) is 102 Å². The lowest BCUT2D eigenvalue weighted by Crippen LogP contribution is -2.25. The van der Waals surface area contributed by atoms with Gasteiger partial charge in [-0.25, -0.2) is 4.98 Å². The molecule has 8 nitrogen and oxygen atoms in total. The SMILES string of the molecule is Cc1ccnc(C=Cc2n[nH]c3cc(Nc4ccccc4C(=O)NCc4nccn4C)ccc23)c1. The monoisotopic (exact) mass is 463 g/mol. The zero-order valence-electron chi connectivity index (χ0n) is 19.5. The first-order valence-corrected chi connectivity index (χ1v) is 11.3. The van der Waals surface area contributed by atoms with Crippen LogP contribution in [0.2, 0.25) is 0 Å². The number of carbonyl (C=O) groups is 1. The number of rotatable bonds is 7. The van der Waals surface area contributed by atoms with Crippen molar-refractivity contribution >= 4 is 40.3 Å². The number of nitrogens with one attached hydrogen (secondary N) is 3. The highest BCUT2D eigenvalue weighted by Gasteiger charge is 2.13. The average Bonchev–Trinajstić information content (AvgIpc) is 3.47. The van der Waals surface area contributed by atoms with E-state index in [0.717, 1.165) is 39.4 Å². The molecule has 3 N–H and O–H groups in total. The summed E-state index contributed by atoms with van der Waals surface area (Å²) in [5.41, 5.74) is 5.90. The quantitative estimate of drug-likeness (QED) is 0.321. The van der Waals surface area contributed by atoms with Crippen molar-refractivity contribution in [1.82, 2.24) is 30.0 Å². The Morgan fingerprint density at radius 3 is 2.77 bits per heavy atom. The van der Waals surface area contributed by atoms with Gasteiger partial charge in [0, 0.05) is 36.7 Å². The number of anilines is 2. The van der Waals surface area contributed by atoms with E-state index in [9.17, 15) is 4.79 Å². The Bertz CT molecular complexity index is 1530. The predicted octanol–water partition coefficient (Wildman–Crippen LogP) is 4.84. The third kappa shape index (κ3) is 4.96. The molecule has 0 saturated carbocycles. The van der Waals surface area contributed by atoms with Crippen LogP contribution in [0.4, 0.5) is 11.4 Å². The van der Waals surface area contributed by atoms with Crippen LogP contribution in [0.5, 0.6) is 0 Å². The second-order valence-electron chi connectivity index (χ2n) is 8.27. The van der Waals surface area contributed by atoms with Crippen molar-refractivity contribution in [2.75, 3.05) is 5.32 Å². The van der Waals surface area contributed by atoms with Gasteiger partial charge in [-0.05, 0) is 67.1 Å². The number of aromatic nitrogens is 5. The number of para-hydroxylation sites is 1. The van der Waals surface area contributed by atoms with Gasteiger partial charge < -0.3 is 15.2 Å². The van der Waals surface area contributed by atoms with E-state index in [1.54, 1.807) is 18.5 Å². The van der Waals surface area contributed by atoms with Crippen LogP contribution >= 0.6 is 0 Å². The predicted molar refractivity (Wildman–Crippen MR) is 138 cm³/mol. The average molecular weight is 464 g/mol. The van der Waals surface area contributed by atoms with E-state index in [1.807, 2.05) is 85.4 Å². The minimum Gasteiger partial charge on any atom is -0.355 e. The second kappa shape index (κ2) is 9.64. The van der Waals surface area contributed by atoms with Crippen LogP contribution < -0.4 is 10.6 Å². The second-order valence-corrected chi connectivity index (χ2v) is 8.27. The number of pyridine rings is 1. The van der Waals surface area contributed by atoms with E-state index in [-0.39, 0.29) is 5.91 Å². The minimum atomic E-state index is -0.170. The lowest BCUT2D eigenvalue weighted by Gasteiger charge is -2.12. The smallest absolute Gasteiger partial charge is 0.253 e. The summed E-state index contributed by atoms with van der Waals surface area (Å²) in [6, 6.07) is 17.4. The van der Waals surface area contributed by atoms with Gasteiger partial charge in [0.2, 0.25) is 0 Å². The van der Waals surface area contributed by atoms with E-state index < -0.39 is 0 Å². The summed E-state index contributed by atoms with van der Waals surface area (Å²) in [5.74, 6) is 0.618. The van der Waals surface area contributed by atoms with Crippen LogP contribution in [0, 0.1) is 6.92 Å². The van der Waals surface area contributed by atoms with E-state index in [4.69, 9.17) is 0 Å². The molecule has 5 rings (SSSR count). The molecule has 0 unspecified atom stereocenters. The van der Waals surface area contributed by atoms with Crippen LogP contribution in [-0.2, 0) is 13.6 Å². The Morgan fingerprint density at radius 1 is 1.06 bits per heavy atom. The largest absolute Gasteiger partial charge is 0.355 e. The third-order valence-electron chi connectivity index (χ3n) is 5.72. The molecule has 0 spiro atoms. The molecule has 5 aromatic rings. The molecule has 35 heavy (non-hydrogen) atoms.